The number of rotatable bonds is 2. The van der Waals surface area contributed by atoms with Crippen molar-refractivity contribution in [2.24, 2.45) is 4.99 Å². The fourth-order valence-electron chi connectivity index (χ4n) is 1.88. The van der Waals surface area contributed by atoms with E-state index in [-0.39, 0.29) is 6.79 Å². The number of hydrogen-bond donors (Lipinski definition) is 0. The van der Waals surface area contributed by atoms with E-state index in [1.807, 2.05) is 32.9 Å². The molecule has 16 heavy (non-hydrogen) atoms. The molecule has 0 spiro atoms. The maximum atomic E-state index is 10.4. The van der Waals surface area contributed by atoms with E-state index >= 15 is 0 Å². The summed E-state index contributed by atoms with van der Waals surface area (Å²) in [5.41, 5.74) is 1.38. The van der Waals surface area contributed by atoms with Crippen molar-refractivity contribution in [2.45, 2.75) is 26.3 Å². The van der Waals surface area contributed by atoms with E-state index in [2.05, 4.69) is 4.99 Å². The van der Waals surface area contributed by atoms with Gasteiger partial charge >= 0.3 is 0 Å². The fraction of sp³-hybridized carbons (Fsp3) is 0.417. The van der Waals surface area contributed by atoms with E-state index in [0.29, 0.717) is 5.75 Å². The average molecular weight is 219 g/mol. The molecule has 2 rings (SSSR count). The van der Waals surface area contributed by atoms with Gasteiger partial charge in [0.2, 0.25) is 12.9 Å². The molecule has 0 unspecified atom stereocenters. The van der Waals surface area contributed by atoms with Crippen LogP contribution in [0.4, 0.5) is 0 Å². The number of benzene rings is 1. The predicted octanol–water partition coefficient (Wildman–Crippen LogP) is 2.29. The molecule has 0 radical (unpaired) electrons. The molecule has 0 atom stereocenters. The van der Waals surface area contributed by atoms with Crippen molar-refractivity contribution < 1.29 is 14.3 Å². The Kier molecular flexibility index (Phi) is 2.44. The first-order valence-corrected chi connectivity index (χ1v) is 5.04. The molecule has 1 aliphatic rings. The van der Waals surface area contributed by atoms with Crippen LogP contribution in [0.15, 0.2) is 17.1 Å². The molecule has 1 aliphatic heterocycles. The summed E-state index contributed by atoms with van der Waals surface area (Å²) in [5, 5.41) is 0. The quantitative estimate of drug-likeness (QED) is 0.566. The first-order chi connectivity index (χ1) is 7.54. The van der Waals surface area contributed by atoms with Crippen LogP contribution in [-0.4, -0.2) is 12.9 Å². The van der Waals surface area contributed by atoms with Crippen molar-refractivity contribution in [1.82, 2.24) is 0 Å². The smallest absolute Gasteiger partial charge is 0.235 e. The molecule has 1 aromatic rings. The van der Waals surface area contributed by atoms with Gasteiger partial charge in [-0.05, 0) is 44.0 Å². The predicted molar refractivity (Wildman–Crippen MR) is 58.4 cm³/mol. The molecule has 0 aliphatic carbocycles. The van der Waals surface area contributed by atoms with Gasteiger partial charge in [-0.3, -0.25) is 0 Å². The van der Waals surface area contributed by atoms with Crippen molar-refractivity contribution >= 4 is 6.08 Å². The first kappa shape index (κ1) is 10.7. The second-order valence-electron chi connectivity index (χ2n) is 4.28. The zero-order chi connectivity index (χ0) is 11.8. The summed E-state index contributed by atoms with van der Waals surface area (Å²) in [5.74, 6) is 1.45. The highest BCUT2D eigenvalue weighted by atomic mass is 16.7. The van der Waals surface area contributed by atoms with Crippen LogP contribution in [0.25, 0.3) is 0 Å². The van der Waals surface area contributed by atoms with E-state index in [1.165, 1.54) is 0 Å². The second kappa shape index (κ2) is 3.65. The maximum Gasteiger partial charge on any atom is 0.235 e. The van der Waals surface area contributed by atoms with Gasteiger partial charge < -0.3 is 9.47 Å². The van der Waals surface area contributed by atoms with E-state index < -0.39 is 5.54 Å². The lowest BCUT2D eigenvalue weighted by atomic mass is 9.91. The normalized spacial score (nSPS) is 13.4. The Morgan fingerprint density at radius 3 is 2.56 bits per heavy atom. The van der Waals surface area contributed by atoms with Crippen molar-refractivity contribution in [2.75, 3.05) is 6.79 Å². The number of nitrogens with zero attached hydrogens (tertiary/aromatic N) is 1. The Morgan fingerprint density at radius 2 is 1.94 bits per heavy atom. The number of isocyanates is 1. The zero-order valence-corrected chi connectivity index (χ0v) is 9.53. The molecular weight excluding hydrogens is 206 g/mol. The van der Waals surface area contributed by atoms with Crippen molar-refractivity contribution in [3.63, 3.8) is 0 Å². The molecule has 0 aromatic heterocycles. The summed E-state index contributed by atoms with van der Waals surface area (Å²) in [6.07, 6.45) is 1.60. The molecule has 1 aromatic carbocycles. The van der Waals surface area contributed by atoms with Gasteiger partial charge in [0.15, 0.2) is 11.5 Å². The summed E-state index contributed by atoms with van der Waals surface area (Å²) in [4.78, 5) is 14.2. The average Bonchev–Trinajstić information content (AvgIpc) is 2.63. The third kappa shape index (κ3) is 1.68. The summed E-state index contributed by atoms with van der Waals surface area (Å²) >= 11 is 0. The number of aryl methyl sites for hydroxylation is 1. The van der Waals surface area contributed by atoms with E-state index in [0.717, 1.165) is 16.9 Å². The first-order valence-electron chi connectivity index (χ1n) is 5.04. The third-order valence-electron chi connectivity index (χ3n) is 2.70. The van der Waals surface area contributed by atoms with Crippen LogP contribution in [0.2, 0.25) is 0 Å². The van der Waals surface area contributed by atoms with Crippen molar-refractivity contribution in [3.05, 3.63) is 23.3 Å². The monoisotopic (exact) mass is 219 g/mol. The minimum Gasteiger partial charge on any atom is -0.454 e. The topological polar surface area (TPSA) is 47.9 Å². The van der Waals surface area contributed by atoms with Crippen LogP contribution in [0.1, 0.15) is 25.0 Å². The zero-order valence-electron chi connectivity index (χ0n) is 9.53. The molecule has 0 bridgehead atoms. The Labute approximate surface area is 93.9 Å². The number of ether oxygens (including phenoxy) is 2. The Balaban J connectivity index is 2.53. The number of hydrogen-bond acceptors (Lipinski definition) is 4. The minimum absolute atomic E-state index is 0.246. The highest BCUT2D eigenvalue weighted by molar-refractivity contribution is 5.51. The number of carbonyl (C=O) groups excluding carboxylic acids is 1. The summed E-state index contributed by atoms with van der Waals surface area (Å²) in [6, 6.07) is 3.78. The molecule has 4 nitrogen and oxygen atoms in total. The minimum atomic E-state index is -0.590. The second-order valence-corrected chi connectivity index (χ2v) is 4.28. The van der Waals surface area contributed by atoms with Crippen LogP contribution in [0.3, 0.4) is 0 Å². The molecule has 0 N–H and O–H groups in total. The van der Waals surface area contributed by atoms with Gasteiger partial charge in [-0.15, -0.1) is 0 Å². The van der Waals surface area contributed by atoms with Gasteiger partial charge in [0.25, 0.3) is 0 Å². The fourth-order valence-corrected chi connectivity index (χ4v) is 1.88. The molecule has 0 saturated heterocycles. The van der Waals surface area contributed by atoms with Gasteiger partial charge in [-0.2, -0.15) is 4.99 Å². The highest BCUT2D eigenvalue weighted by Crippen LogP contribution is 2.39. The maximum absolute atomic E-state index is 10.4. The van der Waals surface area contributed by atoms with Crippen LogP contribution < -0.4 is 9.47 Å². The summed E-state index contributed by atoms with van der Waals surface area (Å²) in [6.45, 7) is 5.93. The number of fused-ring (bicyclic) bond motifs is 1. The molecule has 0 amide bonds. The molecule has 1 heterocycles. The molecular formula is C12H13NO3. The van der Waals surface area contributed by atoms with Gasteiger partial charge in [-0.1, -0.05) is 0 Å². The molecule has 4 heteroatoms. The van der Waals surface area contributed by atoms with E-state index in [9.17, 15) is 4.79 Å². The SMILES string of the molecule is Cc1cc2c(cc1C(C)(C)N=C=O)OCO2. The Morgan fingerprint density at radius 1 is 1.31 bits per heavy atom. The van der Waals surface area contributed by atoms with Crippen LogP contribution in [-0.2, 0) is 10.3 Å². The van der Waals surface area contributed by atoms with Crippen molar-refractivity contribution in [3.8, 4) is 11.5 Å². The van der Waals surface area contributed by atoms with Gasteiger partial charge in [-0.25, -0.2) is 4.79 Å². The van der Waals surface area contributed by atoms with E-state index in [4.69, 9.17) is 9.47 Å². The van der Waals surface area contributed by atoms with Crippen LogP contribution >= 0.6 is 0 Å². The summed E-state index contributed by atoms with van der Waals surface area (Å²) in [7, 11) is 0. The Bertz CT molecular complexity index is 473. The number of aliphatic imine (C=N–C) groups is 1. The highest BCUT2D eigenvalue weighted by Gasteiger charge is 2.25. The molecule has 84 valence electrons. The van der Waals surface area contributed by atoms with Crippen molar-refractivity contribution in [1.29, 1.82) is 0 Å². The lowest BCUT2D eigenvalue weighted by Gasteiger charge is -2.20. The van der Waals surface area contributed by atoms with E-state index in [1.54, 1.807) is 6.08 Å². The van der Waals surface area contributed by atoms with Crippen LogP contribution in [0, 0.1) is 6.92 Å². The summed E-state index contributed by atoms with van der Waals surface area (Å²) < 4.78 is 10.6. The lowest BCUT2D eigenvalue weighted by molar-refractivity contribution is 0.174. The van der Waals surface area contributed by atoms with Crippen LogP contribution in [0.5, 0.6) is 11.5 Å². The van der Waals surface area contributed by atoms with Gasteiger partial charge in [0.05, 0.1) is 5.54 Å². The standard InChI is InChI=1S/C12H13NO3/c1-8-4-10-11(16-7-15-10)5-9(8)12(2,3)13-6-14/h4-5H,7H2,1-3H3. The van der Waals surface area contributed by atoms with Gasteiger partial charge in [0, 0.05) is 0 Å². The largest absolute Gasteiger partial charge is 0.454 e. The molecule has 0 saturated carbocycles. The Hall–Kier alpha value is -1.80. The van der Waals surface area contributed by atoms with Gasteiger partial charge in [0.1, 0.15) is 0 Å². The third-order valence-corrected chi connectivity index (χ3v) is 2.70. The lowest BCUT2D eigenvalue weighted by Crippen LogP contribution is -2.15. The molecule has 0 fully saturated rings.